The number of hydrogen-bond acceptors (Lipinski definition) is 0. The summed E-state index contributed by atoms with van der Waals surface area (Å²) in [6.07, 6.45) is 0. The molecule has 0 aliphatic rings. The predicted octanol–water partition coefficient (Wildman–Crippen LogP) is 2.17. The topological polar surface area (TPSA) is 0 Å². The lowest BCUT2D eigenvalue weighted by molar-refractivity contribution is 1.76. The quantitative estimate of drug-likeness (QED) is 0.397. The van der Waals surface area contributed by atoms with E-state index in [0.29, 0.717) is 0 Å². The van der Waals surface area contributed by atoms with Crippen molar-refractivity contribution in [2.24, 2.45) is 0 Å². The standard InChI is InChI=1S/CCl4.Si/c2-1(3,4)5;. The van der Waals surface area contributed by atoms with Crippen LogP contribution in [0.2, 0.25) is 0 Å². The van der Waals surface area contributed by atoms with E-state index in [1.54, 1.807) is 0 Å². The van der Waals surface area contributed by atoms with Gasteiger partial charge in [0.25, 0.3) is 3.25 Å². The van der Waals surface area contributed by atoms with Gasteiger partial charge in [0, 0.05) is 11.0 Å². The molecule has 0 aliphatic heterocycles. The molecule has 0 bridgehead atoms. The van der Waals surface area contributed by atoms with Crippen molar-refractivity contribution in [3.05, 3.63) is 0 Å². The monoisotopic (exact) mass is 180 g/mol. The Labute approximate surface area is 60.7 Å². The summed E-state index contributed by atoms with van der Waals surface area (Å²) in [6.45, 7) is 0. The SMILES string of the molecule is ClC(Cl)(Cl)Cl.[Si]. The van der Waals surface area contributed by atoms with E-state index >= 15 is 0 Å². The number of halogens is 4. The van der Waals surface area contributed by atoms with Crippen molar-refractivity contribution in [2.45, 2.75) is 3.25 Å². The highest BCUT2D eigenvalue weighted by atomic mass is 35.6. The maximum absolute atomic E-state index is 4.83. The lowest BCUT2D eigenvalue weighted by atomic mass is 11.8. The van der Waals surface area contributed by atoms with Gasteiger partial charge in [0.05, 0.1) is 0 Å². The van der Waals surface area contributed by atoms with Gasteiger partial charge in [-0.15, -0.1) is 0 Å². The van der Waals surface area contributed by atoms with Crippen LogP contribution < -0.4 is 0 Å². The van der Waals surface area contributed by atoms with Crippen LogP contribution in [0.25, 0.3) is 0 Å². The fourth-order valence-corrected chi connectivity index (χ4v) is 0. The Balaban J connectivity index is 0. The zero-order valence-electron chi connectivity index (χ0n) is 2.51. The molecule has 0 saturated carbocycles. The number of alkyl halides is 4. The molecule has 0 N–H and O–H groups in total. The number of rotatable bonds is 0. The van der Waals surface area contributed by atoms with Gasteiger partial charge in [-0.2, -0.15) is 0 Å². The van der Waals surface area contributed by atoms with E-state index in [1.807, 2.05) is 0 Å². The van der Waals surface area contributed by atoms with Crippen molar-refractivity contribution < 1.29 is 0 Å². The minimum Gasteiger partial charge on any atom is -0.0664 e. The van der Waals surface area contributed by atoms with Gasteiger partial charge in [-0.3, -0.25) is 0 Å². The third-order valence-corrected chi connectivity index (χ3v) is 0. The summed E-state index contributed by atoms with van der Waals surface area (Å²) in [6, 6.07) is 0. The van der Waals surface area contributed by atoms with E-state index < -0.39 is 3.25 Å². The molecule has 0 aromatic rings. The van der Waals surface area contributed by atoms with Gasteiger partial charge in [-0.1, -0.05) is 46.4 Å². The highest BCUT2D eigenvalue weighted by molar-refractivity contribution is 6.83. The Morgan fingerprint density at radius 2 is 0.833 bits per heavy atom. The maximum Gasteiger partial charge on any atom is 0.266 e. The van der Waals surface area contributed by atoms with Gasteiger partial charge in [-0.05, 0) is 0 Å². The van der Waals surface area contributed by atoms with Crippen molar-refractivity contribution in [1.82, 2.24) is 0 Å². The second kappa shape index (κ2) is 3.39. The molecule has 0 rings (SSSR count). The normalized spacial score (nSPS) is 10.0. The van der Waals surface area contributed by atoms with Crippen molar-refractivity contribution in [2.75, 3.05) is 0 Å². The fraction of sp³-hybridized carbons (Fsp3) is 1.00. The maximum atomic E-state index is 4.83. The smallest absolute Gasteiger partial charge is 0.0664 e. The molecule has 0 spiro atoms. The Morgan fingerprint density at radius 1 is 0.833 bits per heavy atom. The van der Waals surface area contributed by atoms with Gasteiger partial charge >= 0.3 is 0 Å². The first-order valence-corrected chi connectivity index (χ1v) is 2.27. The van der Waals surface area contributed by atoms with E-state index in [1.165, 1.54) is 0 Å². The van der Waals surface area contributed by atoms with Crippen LogP contribution in [0.15, 0.2) is 0 Å². The third kappa shape index (κ3) is 54.3. The van der Waals surface area contributed by atoms with Crippen LogP contribution >= 0.6 is 46.4 Å². The van der Waals surface area contributed by atoms with Crippen LogP contribution in [0.5, 0.6) is 0 Å². The van der Waals surface area contributed by atoms with Crippen LogP contribution in [0.3, 0.4) is 0 Å². The lowest BCUT2D eigenvalue weighted by Crippen LogP contribution is -1.81. The first-order valence-electron chi connectivity index (χ1n) is 0.756. The first-order chi connectivity index (χ1) is 2.00. The van der Waals surface area contributed by atoms with Crippen molar-refractivity contribution in [3.63, 3.8) is 0 Å². The van der Waals surface area contributed by atoms with Gasteiger partial charge in [0.1, 0.15) is 0 Å². The summed E-state index contributed by atoms with van der Waals surface area (Å²) in [7, 11) is 0. The molecule has 6 heavy (non-hydrogen) atoms. The summed E-state index contributed by atoms with van der Waals surface area (Å²) in [5.74, 6) is 0. The zero-order valence-corrected chi connectivity index (χ0v) is 6.54. The zero-order chi connectivity index (χ0) is 4.50. The molecule has 0 saturated heterocycles. The van der Waals surface area contributed by atoms with Crippen molar-refractivity contribution in [3.8, 4) is 0 Å². The highest BCUT2D eigenvalue weighted by Crippen LogP contribution is 2.29. The first kappa shape index (κ1) is 10.4. The van der Waals surface area contributed by atoms with Crippen LogP contribution in [0.1, 0.15) is 0 Å². The molecule has 5 heteroatoms. The van der Waals surface area contributed by atoms with Crippen LogP contribution in [-0.2, 0) is 0 Å². The molecule has 4 radical (unpaired) electrons. The summed E-state index contributed by atoms with van der Waals surface area (Å²) >= 11 is 19.3. The molecule has 0 fully saturated rings. The van der Waals surface area contributed by atoms with Gasteiger partial charge in [0.15, 0.2) is 0 Å². The molecular weight excluding hydrogens is 182 g/mol. The summed E-state index contributed by atoms with van der Waals surface area (Å²) in [5, 5.41) is 0. The highest BCUT2D eigenvalue weighted by Gasteiger charge is 2.11. The largest absolute Gasteiger partial charge is 0.266 e. The molecule has 0 aromatic carbocycles. The van der Waals surface area contributed by atoms with Gasteiger partial charge < -0.3 is 0 Å². The Bertz CT molecular complexity index is 23.0. The van der Waals surface area contributed by atoms with E-state index in [-0.39, 0.29) is 11.0 Å². The Kier molecular flexibility index (Phi) is 5.86. The molecule has 0 aliphatic carbocycles. The van der Waals surface area contributed by atoms with E-state index in [4.69, 9.17) is 46.4 Å². The summed E-state index contributed by atoms with van der Waals surface area (Å²) in [5.41, 5.74) is 0. The van der Waals surface area contributed by atoms with Crippen LogP contribution in [-0.4, -0.2) is 14.2 Å². The molecule has 0 amide bonds. The minimum atomic E-state index is -1.61. The third-order valence-electron chi connectivity index (χ3n) is 0. The van der Waals surface area contributed by atoms with Gasteiger partial charge in [0.2, 0.25) is 0 Å². The van der Waals surface area contributed by atoms with Crippen molar-refractivity contribution >= 4 is 57.4 Å². The van der Waals surface area contributed by atoms with E-state index in [2.05, 4.69) is 0 Å². The average Bonchev–Trinajstić information content (AvgIpc) is 0.722. The molecule has 0 unspecified atom stereocenters. The second-order valence-electron chi connectivity index (χ2n) is 0.429. The Hall–Kier alpha value is 1.38. The summed E-state index contributed by atoms with van der Waals surface area (Å²) in [4.78, 5) is 0. The van der Waals surface area contributed by atoms with Crippen LogP contribution in [0, 0.1) is 0 Å². The molecule has 0 heterocycles. The summed E-state index contributed by atoms with van der Waals surface area (Å²) < 4.78 is -1.61. The molecule has 0 nitrogen and oxygen atoms in total. The van der Waals surface area contributed by atoms with Crippen molar-refractivity contribution in [1.29, 1.82) is 0 Å². The average molecular weight is 182 g/mol. The van der Waals surface area contributed by atoms with Crippen LogP contribution in [0.4, 0.5) is 0 Å². The predicted molar refractivity (Wildman–Crippen MR) is 31.9 cm³/mol. The molecule has 0 aromatic heterocycles. The van der Waals surface area contributed by atoms with E-state index in [9.17, 15) is 0 Å². The van der Waals surface area contributed by atoms with E-state index in [0.717, 1.165) is 0 Å². The fourth-order valence-electron chi connectivity index (χ4n) is 0. The minimum absolute atomic E-state index is 0. The molecule has 0 atom stereocenters. The molecular formula is CCl4Si. The number of hydrogen-bond donors (Lipinski definition) is 0. The molecule has 36 valence electrons. The lowest BCUT2D eigenvalue weighted by Gasteiger charge is -1.91. The Morgan fingerprint density at radius 3 is 0.833 bits per heavy atom. The van der Waals surface area contributed by atoms with Gasteiger partial charge in [-0.25, -0.2) is 0 Å². The second-order valence-corrected chi connectivity index (χ2v) is 3.86.